The molecule has 1 aliphatic rings. The van der Waals surface area contributed by atoms with E-state index in [2.05, 4.69) is 37.3 Å². The second-order valence-corrected chi connectivity index (χ2v) is 4.40. The van der Waals surface area contributed by atoms with Crippen LogP contribution in [0.3, 0.4) is 0 Å². The predicted molar refractivity (Wildman–Crippen MR) is 66.2 cm³/mol. The second kappa shape index (κ2) is 3.38. The van der Waals surface area contributed by atoms with Crippen molar-refractivity contribution in [3.8, 4) is 0 Å². The molecule has 0 fully saturated rings. The minimum atomic E-state index is 0.976. The summed E-state index contributed by atoms with van der Waals surface area (Å²) in [6.07, 6.45) is 3.24. The first-order chi connectivity index (χ1) is 7.74. The first kappa shape index (κ1) is 9.46. The molecule has 1 aliphatic carbocycles. The summed E-state index contributed by atoms with van der Waals surface area (Å²) < 4.78 is 5.67. The molecule has 3 rings (SSSR count). The van der Waals surface area contributed by atoms with E-state index in [4.69, 9.17) is 4.42 Å². The van der Waals surface area contributed by atoms with Crippen molar-refractivity contribution in [2.75, 3.05) is 0 Å². The molecule has 80 valence electrons. The van der Waals surface area contributed by atoms with Crippen molar-refractivity contribution in [1.82, 2.24) is 0 Å². The fourth-order valence-corrected chi connectivity index (χ4v) is 2.30. The monoisotopic (exact) mass is 210 g/mol. The molecule has 0 unspecified atom stereocenters. The van der Waals surface area contributed by atoms with E-state index in [-0.39, 0.29) is 0 Å². The third-order valence-corrected chi connectivity index (χ3v) is 3.17. The van der Waals surface area contributed by atoms with Crippen LogP contribution in [-0.2, 0) is 6.42 Å². The zero-order chi connectivity index (χ0) is 11.1. The number of rotatable bonds is 1. The van der Waals surface area contributed by atoms with Crippen LogP contribution >= 0.6 is 0 Å². The summed E-state index contributed by atoms with van der Waals surface area (Å²) in [5, 5.41) is 0. The molecule has 1 aromatic heterocycles. The van der Waals surface area contributed by atoms with Gasteiger partial charge in [0.15, 0.2) is 0 Å². The second-order valence-electron chi connectivity index (χ2n) is 4.40. The Bertz CT molecular complexity index is 573. The van der Waals surface area contributed by atoms with Crippen molar-refractivity contribution < 1.29 is 4.42 Å². The van der Waals surface area contributed by atoms with Gasteiger partial charge in [0, 0.05) is 6.42 Å². The Labute approximate surface area is 95.4 Å². The molecule has 0 amide bonds. The average molecular weight is 210 g/mol. The highest BCUT2D eigenvalue weighted by molar-refractivity contribution is 5.87. The largest absolute Gasteiger partial charge is 0.462 e. The number of hydrogen-bond donors (Lipinski definition) is 0. The third kappa shape index (κ3) is 1.40. The van der Waals surface area contributed by atoms with Crippen molar-refractivity contribution in [3.05, 3.63) is 58.5 Å². The zero-order valence-corrected chi connectivity index (χ0v) is 9.58. The Hall–Kier alpha value is -1.76. The Morgan fingerprint density at radius 1 is 1.06 bits per heavy atom. The standard InChI is InChI=1S/C15H14O/c1-10-4-3-5-12-8-13(9-14(10)12)15-7-6-11(2)16-15/h3-7,9H,8H2,1-2H3. The molecular formula is C15H14O. The van der Waals surface area contributed by atoms with Crippen LogP contribution in [0.1, 0.15) is 28.2 Å². The maximum Gasteiger partial charge on any atom is 0.130 e. The van der Waals surface area contributed by atoms with Gasteiger partial charge in [0.25, 0.3) is 0 Å². The highest BCUT2D eigenvalue weighted by Gasteiger charge is 2.17. The van der Waals surface area contributed by atoms with E-state index >= 15 is 0 Å². The van der Waals surface area contributed by atoms with E-state index in [9.17, 15) is 0 Å². The molecule has 1 nitrogen and oxygen atoms in total. The van der Waals surface area contributed by atoms with Crippen LogP contribution in [0.2, 0.25) is 0 Å². The molecule has 0 atom stereocenters. The Morgan fingerprint density at radius 3 is 2.62 bits per heavy atom. The van der Waals surface area contributed by atoms with Gasteiger partial charge in [-0.1, -0.05) is 18.2 Å². The lowest BCUT2D eigenvalue weighted by atomic mass is 10.0. The Morgan fingerprint density at radius 2 is 1.94 bits per heavy atom. The smallest absolute Gasteiger partial charge is 0.130 e. The molecular weight excluding hydrogens is 196 g/mol. The summed E-state index contributed by atoms with van der Waals surface area (Å²) in [5.41, 5.74) is 5.41. The SMILES string of the molecule is Cc1ccc(C2=Cc3c(C)cccc3C2)o1. The fourth-order valence-electron chi connectivity index (χ4n) is 2.30. The lowest BCUT2D eigenvalue weighted by Gasteiger charge is -2.00. The highest BCUT2D eigenvalue weighted by atomic mass is 16.3. The van der Waals surface area contributed by atoms with Crippen molar-refractivity contribution in [3.63, 3.8) is 0 Å². The lowest BCUT2D eigenvalue weighted by molar-refractivity contribution is 0.521. The highest BCUT2D eigenvalue weighted by Crippen LogP contribution is 2.33. The molecule has 1 heteroatoms. The molecule has 0 aliphatic heterocycles. The van der Waals surface area contributed by atoms with Gasteiger partial charge in [0.05, 0.1) is 0 Å². The molecule has 0 spiro atoms. The topological polar surface area (TPSA) is 13.1 Å². The summed E-state index contributed by atoms with van der Waals surface area (Å²) in [6.45, 7) is 4.14. The van der Waals surface area contributed by atoms with E-state index in [0.29, 0.717) is 0 Å². The molecule has 16 heavy (non-hydrogen) atoms. The van der Waals surface area contributed by atoms with Gasteiger partial charge in [-0.15, -0.1) is 0 Å². The summed E-state index contributed by atoms with van der Waals surface area (Å²) in [7, 11) is 0. The first-order valence-corrected chi connectivity index (χ1v) is 5.60. The Balaban J connectivity index is 2.05. The van der Waals surface area contributed by atoms with Gasteiger partial charge < -0.3 is 4.42 Å². The Kier molecular flexibility index (Phi) is 2.00. The summed E-state index contributed by atoms with van der Waals surface area (Å²) in [5.74, 6) is 1.98. The number of allylic oxidation sites excluding steroid dienone is 1. The molecule has 0 N–H and O–H groups in total. The van der Waals surface area contributed by atoms with E-state index in [1.54, 1.807) is 0 Å². The zero-order valence-electron chi connectivity index (χ0n) is 9.58. The average Bonchev–Trinajstić information content (AvgIpc) is 2.84. The van der Waals surface area contributed by atoms with Crippen LogP contribution in [0.15, 0.2) is 34.7 Å². The van der Waals surface area contributed by atoms with Crippen LogP contribution in [0.25, 0.3) is 11.6 Å². The van der Waals surface area contributed by atoms with Crippen molar-refractivity contribution >= 4 is 11.6 Å². The number of benzene rings is 1. The van der Waals surface area contributed by atoms with E-state index in [0.717, 1.165) is 17.9 Å². The third-order valence-electron chi connectivity index (χ3n) is 3.17. The molecule has 1 heterocycles. The van der Waals surface area contributed by atoms with Gasteiger partial charge in [-0.25, -0.2) is 0 Å². The van der Waals surface area contributed by atoms with Crippen molar-refractivity contribution in [1.29, 1.82) is 0 Å². The van der Waals surface area contributed by atoms with Gasteiger partial charge in [-0.05, 0) is 54.3 Å². The van der Waals surface area contributed by atoms with Crippen molar-refractivity contribution in [2.45, 2.75) is 20.3 Å². The van der Waals surface area contributed by atoms with E-state index in [1.807, 2.05) is 13.0 Å². The molecule has 0 radical (unpaired) electrons. The normalized spacial score (nSPS) is 13.8. The van der Waals surface area contributed by atoms with Crippen LogP contribution in [0, 0.1) is 13.8 Å². The molecule has 0 saturated heterocycles. The van der Waals surface area contributed by atoms with Gasteiger partial charge in [0.2, 0.25) is 0 Å². The molecule has 0 bridgehead atoms. The maximum atomic E-state index is 5.67. The van der Waals surface area contributed by atoms with Gasteiger partial charge in [-0.3, -0.25) is 0 Å². The van der Waals surface area contributed by atoms with Crippen LogP contribution in [0.4, 0.5) is 0 Å². The number of furan rings is 1. The summed E-state index contributed by atoms with van der Waals surface area (Å²) in [6, 6.07) is 10.6. The number of hydrogen-bond acceptors (Lipinski definition) is 1. The fraction of sp³-hybridized carbons (Fsp3) is 0.200. The summed E-state index contributed by atoms with van der Waals surface area (Å²) >= 11 is 0. The van der Waals surface area contributed by atoms with Gasteiger partial charge in [0.1, 0.15) is 11.5 Å². The van der Waals surface area contributed by atoms with E-state index < -0.39 is 0 Å². The van der Waals surface area contributed by atoms with Crippen LogP contribution < -0.4 is 0 Å². The minimum Gasteiger partial charge on any atom is -0.462 e. The van der Waals surface area contributed by atoms with Crippen LogP contribution in [0.5, 0.6) is 0 Å². The first-order valence-electron chi connectivity index (χ1n) is 5.60. The number of fused-ring (bicyclic) bond motifs is 1. The quantitative estimate of drug-likeness (QED) is 0.693. The van der Waals surface area contributed by atoms with Gasteiger partial charge in [-0.2, -0.15) is 0 Å². The van der Waals surface area contributed by atoms with E-state index in [1.165, 1.54) is 22.3 Å². The predicted octanol–water partition coefficient (Wildman–Crippen LogP) is 3.99. The van der Waals surface area contributed by atoms with Crippen molar-refractivity contribution in [2.24, 2.45) is 0 Å². The molecule has 2 aromatic rings. The minimum absolute atomic E-state index is 0.976. The summed E-state index contributed by atoms with van der Waals surface area (Å²) in [4.78, 5) is 0. The molecule has 0 saturated carbocycles. The van der Waals surface area contributed by atoms with Gasteiger partial charge >= 0.3 is 0 Å². The molecule has 1 aromatic carbocycles. The maximum absolute atomic E-state index is 5.67. The lowest BCUT2D eigenvalue weighted by Crippen LogP contribution is -1.85. The number of aryl methyl sites for hydroxylation is 2. The van der Waals surface area contributed by atoms with Crippen LogP contribution in [-0.4, -0.2) is 0 Å².